The van der Waals surface area contributed by atoms with Crippen molar-refractivity contribution >= 4 is 11.8 Å². The maximum atomic E-state index is 12.1. The van der Waals surface area contributed by atoms with Gasteiger partial charge in [0, 0.05) is 12.8 Å². The molecule has 0 saturated carbocycles. The van der Waals surface area contributed by atoms with Crippen LogP contribution in [0.3, 0.4) is 0 Å². The highest BCUT2D eigenvalue weighted by atomic mass is 16.5. The van der Waals surface area contributed by atoms with E-state index in [-0.39, 0.29) is 29.6 Å². The predicted octanol–water partition coefficient (Wildman–Crippen LogP) is 6.18. The van der Waals surface area contributed by atoms with Gasteiger partial charge in [-0.15, -0.1) is 0 Å². The summed E-state index contributed by atoms with van der Waals surface area (Å²) in [4.78, 5) is 24.1. The minimum Gasteiger partial charge on any atom is -0.511 e. The van der Waals surface area contributed by atoms with Crippen LogP contribution in [0.4, 0.5) is 0 Å². The molecule has 0 radical (unpaired) electrons. The quantitative estimate of drug-likeness (QED) is 0.131. The lowest BCUT2D eigenvalue weighted by molar-refractivity contribution is -0.151. The minimum atomic E-state index is -0.639. The maximum Gasteiger partial charge on any atom is 0.345 e. The third kappa shape index (κ3) is 8.86. The summed E-state index contributed by atoms with van der Waals surface area (Å²) in [5.41, 5.74) is -0.107. The Hall–Kier alpha value is -1.32. The molecule has 0 aromatic rings. The zero-order valence-corrected chi connectivity index (χ0v) is 16.9. The molecule has 1 aliphatic rings. The molecular weight excluding hydrogens is 328 g/mol. The number of rotatable bonds is 14. The smallest absolute Gasteiger partial charge is 0.345 e. The van der Waals surface area contributed by atoms with Crippen LogP contribution in [0.25, 0.3) is 0 Å². The molecule has 1 heterocycles. The number of aliphatic hydroxyl groups excluding tert-OH is 1. The van der Waals surface area contributed by atoms with E-state index >= 15 is 0 Å². The van der Waals surface area contributed by atoms with E-state index in [9.17, 15) is 14.7 Å². The lowest BCUT2D eigenvalue weighted by Crippen LogP contribution is -2.33. The van der Waals surface area contributed by atoms with Crippen molar-refractivity contribution in [3.05, 3.63) is 11.3 Å². The highest BCUT2D eigenvalue weighted by Gasteiger charge is 2.34. The Balaban J connectivity index is 2.15. The number of ether oxygens (including phenoxy) is 1. The number of unbranched alkanes of at least 4 members (excludes halogenated alkanes) is 10. The average molecular weight is 367 g/mol. The van der Waals surface area contributed by atoms with E-state index in [1.165, 1.54) is 51.4 Å². The van der Waals surface area contributed by atoms with Gasteiger partial charge in [-0.05, 0) is 12.8 Å². The van der Waals surface area contributed by atoms with Gasteiger partial charge in [-0.2, -0.15) is 0 Å². The van der Waals surface area contributed by atoms with Crippen LogP contribution in [0.15, 0.2) is 11.3 Å². The van der Waals surface area contributed by atoms with Gasteiger partial charge in [0.05, 0.1) is 0 Å². The molecule has 0 aliphatic carbocycles. The van der Waals surface area contributed by atoms with Crippen LogP contribution in [-0.2, 0) is 14.3 Å². The molecule has 0 unspecified atom stereocenters. The standard InChI is InChI=1S/C22H38O4/c1-3-5-6-7-8-9-10-11-12-13-14-16-19(23)21-20(24)17-18(15-4-2)26-22(21)25/h18,23H,3-17H2,1-2H3/t18-/m1/s1. The van der Waals surface area contributed by atoms with Crippen LogP contribution in [0.1, 0.15) is 110 Å². The van der Waals surface area contributed by atoms with E-state index in [1.54, 1.807) is 0 Å². The summed E-state index contributed by atoms with van der Waals surface area (Å²) in [6.45, 7) is 4.23. The fraction of sp³-hybridized carbons (Fsp3) is 0.818. The fourth-order valence-electron chi connectivity index (χ4n) is 3.52. The number of ketones is 1. The number of Topliss-reactive ketones (excluding diaryl/α,β-unsaturated/α-hetero) is 1. The van der Waals surface area contributed by atoms with Gasteiger partial charge in [0.2, 0.25) is 0 Å². The number of carbonyl (C=O) groups is 2. The Labute approximate surface area is 159 Å². The van der Waals surface area contributed by atoms with Gasteiger partial charge in [-0.1, -0.05) is 84.5 Å². The largest absolute Gasteiger partial charge is 0.511 e. The number of carbonyl (C=O) groups excluding carboxylic acids is 2. The van der Waals surface area contributed by atoms with Crippen LogP contribution in [0.5, 0.6) is 0 Å². The first-order valence-corrected chi connectivity index (χ1v) is 10.8. The molecule has 0 aromatic heterocycles. The predicted molar refractivity (Wildman–Crippen MR) is 105 cm³/mol. The second kappa shape index (κ2) is 13.8. The highest BCUT2D eigenvalue weighted by Crippen LogP contribution is 2.24. The van der Waals surface area contributed by atoms with Crippen molar-refractivity contribution in [3.8, 4) is 0 Å². The maximum absolute atomic E-state index is 12.1. The first kappa shape index (κ1) is 22.7. The molecule has 1 N–H and O–H groups in total. The summed E-state index contributed by atoms with van der Waals surface area (Å²) < 4.78 is 5.26. The van der Waals surface area contributed by atoms with E-state index in [0.717, 1.165) is 25.7 Å². The lowest BCUT2D eigenvalue weighted by Gasteiger charge is -2.23. The molecule has 1 atom stereocenters. The van der Waals surface area contributed by atoms with Crippen LogP contribution in [0, 0.1) is 0 Å². The Morgan fingerprint density at radius 1 is 0.885 bits per heavy atom. The van der Waals surface area contributed by atoms with Crippen LogP contribution in [-0.4, -0.2) is 23.0 Å². The van der Waals surface area contributed by atoms with Crippen molar-refractivity contribution in [2.24, 2.45) is 0 Å². The fourth-order valence-corrected chi connectivity index (χ4v) is 3.52. The van der Waals surface area contributed by atoms with Gasteiger partial charge < -0.3 is 9.84 Å². The highest BCUT2D eigenvalue weighted by molar-refractivity contribution is 6.19. The van der Waals surface area contributed by atoms with Crippen LogP contribution < -0.4 is 0 Å². The second-order valence-corrected chi connectivity index (χ2v) is 7.55. The lowest BCUT2D eigenvalue weighted by atomic mass is 9.96. The first-order valence-electron chi connectivity index (χ1n) is 10.8. The summed E-state index contributed by atoms with van der Waals surface area (Å²) in [6, 6.07) is 0. The molecular formula is C22H38O4. The summed E-state index contributed by atoms with van der Waals surface area (Å²) in [7, 11) is 0. The van der Waals surface area contributed by atoms with Gasteiger partial charge in [-0.3, -0.25) is 4.79 Å². The van der Waals surface area contributed by atoms with Crippen molar-refractivity contribution in [3.63, 3.8) is 0 Å². The zero-order valence-electron chi connectivity index (χ0n) is 16.9. The zero-order chi connectivity index (χ0) is 19.2. The molecule has 1 aliphatic heterocycles. The number of esters is 1. The topological polar surface area (TPSA) is 63.6 Å². The van der Waals surface area contributed by atoms with E-state index in [1.807, 2.05) is 6.92 Å². The van der Waals surface area contributed by atoms with Crippen molar-refractivity contribution in [1.29, 1.82) is 0 Å². The van der Waals surface area contributed by atoms with Gasteiger partial charge in [-0.25, -0.2) is 4.79 Å². The van der Waals surface area contributed by atoms with Crippen molar-refractivity contribution < 1.29 is 19.4 Å². The Morgan fingerprint density at radius 2 is 1.42 bits per heavy atom. The summed E-state index contributed by atoms with van der Waals surface area (Å²) in [5, 5.41) is 10.1. The average Bonchev–Trinajstić information content (AvgIpc) is 2.59. The molecule has 150 valence electrons. The molecule has 1 saturated heterocycles. The van der Waals surface area contributed by atoms with E-state index < -0.39 is 5.97 Å². The molecule has 1 fully saturated rings. The van der Waals surface area contributed by atoms with E-state index in [2.05, 4.69) is 6.92 Å². The Bertz CT molecular complexity index is 433. The normalized spacial score (nSPS) is 19.5. The van der Waals surface area contributed by atoms with Gasteiger partial charge in [0.15, 0.2) is 5.78 Å². The second-order valence-electron chi connectivity index (χ2n) is 7.55. The Kier molecular flexibility index (Phi) is 12.1. The van der Waals surface area contributed by atoms with Crippen molar-refractivity contribution in [1.82, 2.24) is 0 Å². The van der Waals surface area contributed by atoms with Gasteiger partial charge in [0.1, 0.15) is 17.4 Å². The molecule has 0 bridgehead atoms. The summed E-state index contributed by atoms with van der Waals surface area (Å²) >= 11 is 0. The van der Waals surface area contributed by atoms with Gasteiger partial charge in [0.25, 0.3) is 0 Å². The third-order valence-electron chi connectivity index (χ3n) is 5.09. The SMILES string of the molecule is CCCCCCCCCCCCCC(O)=C1C(=O)C[C@@H](CCC)OC1=O. The number of hydrogen-bond donors (Lipinski definition) is 1. The molecule has 4 heteroatoms. The van der Waals surface area contributed by atoms with E-state index in [0.29, 0.717) is 12.8 Å². The van der Waals surface area contributed by atoms with Gasteiger partial charge >= 0.3 is 5.97 Å². The number of cyclic esters (lactones) is 1. The number of aliphatic hydroxyl groups is 1. The monoisotopic (exact) mass is 366 g/mol. The molecule has 0 amide bonds. The van der Waals surface area contributed by atoms with Crippen molar-refractivity contribution in [2.45, 2.75) is 116 Å². The first-order chi connectivity index (χ1) is 12.6. The Morgan fingerprint density at radius 3 is 1.92 bits per heavy atom. The molecule has 1 rings (SSSR count). The van der Waals surface area contributed by atoms with Crippen LogP contribution in [0.2, 0.25) is 0 Å². The number of allylic oxidation sites excluding steroid dienone is 1. The van der Waals surface area contributed by atoms with E-state index in [4.69, 9.17) is 4.74 Å². The molecule has 0 spiro atoms. The summed E-state index contributed by atoms with van der Waals surface area (Å²) in [5.74, 6) is -0.980. The third-order valence-corrected chi connectivity index (χ3v) is 5.09. The van der Waals surface area contributed by atoms with Crippen molar-refractivity contribution in [2.75, 3.05) is 0 Å². The number of hydrogen-bond acceptors (Lipinski definition) is 4. The molecule has 0 aromatic carbocycles. The minimum absolute atomic E-state index is 0.0779. The summed E-state index contributed by atoms with van der Waals surface area (Å²) in [6.07, 6.45) is 15.4. The molecule has 26 heavy (non-hydrogen) atoms. The molecule has 4 nitrogen and oxygen atoms in total. The van der Waals surface area contributed by atoms with Crippen LogP contribution >= 0.6 is 0 Å².